The number of benzene rings is 1. The fraction of sp³-hybridized carbons (Fsp3) is 0.429. The monoisotopic (exact) mass is 299 g/mol. The number of amides is 1. The van der Waals surface area contributed by atoms with Crippen molar-refractivity contribution < 1.29 is 19.4 Å². The molecule has 1 rings (SSSR count). The molecule has 0 spiro atoms. The number of halogens is 1. The van der Waals surface area contributed by atoms with Crippen LogP contribution >= 0.6 is 11.6 Å². The maximum Gasteiger partial charge on any atom is 0.330 e. The van der Waals surface area contributed by atoms with E-state index >= 15 is 0 Å². The van der Waals surface area contributed by atoms with Crippen molar-refractivity contribution in [2.75, 3.05) is 7.11 Å². The molecule has 0 bridgehead atoms. The van der Waals surface area contributed by atoms with E-state index in [1.54, 1.807) is 31.4 Å². The van der Waals surface area contributed by atoms with E-state index in [0.717, 1.165) is 0 Å². The highest BCUT2D eigenvalue weighted by atomic mass is 35.5. The lowest BCUT2D eigenvalue weighted by Gasteiger charge is -2.16. The summed E-state index contributed by atoms with van der Waals surface area (Å²) in [6.07, 6.45) is 0.710. The van der Waals surface area contributed by atoms with Crippen LogP contribution in [0.2, 0.25) is 5.02 Å². The molecular formula is C14H18ClNO4. The van der Waals surface area contributed by atoms with Crippen molar-refractivity contribution in [1.82, 2.24) is 5.32 Å². The van der Waals surface area contributed by atoms with Gasteiger partial charge < -0.3 is 15.2 Å². The van der Waals surface area contributed by atoms with Crippen molar-refractivity contribution in [3.05, 3.63) is 34.9 Å². The first-order chi connectivity index (χ1) is 9.43. The van der Waals surface area contributed by atoms with E-state index in [1.165, 1.54) is 0 Å². The van der Waals surface area contributed by atoms with Crippen LogP contribution in [0, 0.1) is 0 Å². The number of hydrogen-bond acceptors (Lipinski definition) is 3. The highest BCUT2D eigenvalue weighted by Gasteiger charge is 2.22. The summed E-state index contributed by atoms with van der Waals surface area (Å²) in [5.41, 5.74) is 0.482. The highest BCUT2D eigenvalue weighted by Crippen LogP contribution is 2.17. The van der Waals surface area contributed by atoms with Gasteiger partial charge in [0, 0.05) is 18.6 Å². The van der Waals surface area contributed by atoms with E-state index in [0.29, 0.717) is 17.0 Å². The molecule has 0 aromatic heterocycles. The van der Waals surface area contributed by atoms with E-state index < -0.39 is 12.0 Å². The normalized spacial score (nSPS) is 13.6. The first-order valence-electron chi connectivity index (χ1n) is 6.24. The third-order valence-electron chi connectivity index (χ3n) is 2.94. The molecule has 0 heterocycles. The van der Waals surface area contributed by atoms with Crippen molar-refractivity contribution in [3.63, 3.8) is 0 Å². The molecule has 5 nitrogen and oxygen atoms in total. The van der Waals surface area contributed by atoms with E-state index in [2.05, 4.69) is 5.32 Å². The third-order valence-corrected chi connectivity index (χ3v) is 3.19. The molecule has 20 heavy (non-hydrogen) atoms. The second kappa shape index (κ2) is 7.87. The van der Waals surface area contributed by atoms with Gasteiger partial charge in [-0.25, -0.2) is 4.79 Å². The third kappa shape index (κ3) is 5.19. The topological polar surface area (TPSA) is 75.6 Å². The van der Waals surface area contributed by atoms with Crippen molar-refractivity contribution in [1.29, 1.82) is 0 Å². The predicted molar refractivity (Wildman–Crippen MR) is 75.7 cm³/mol. The van der Waals surface area contributed by atoms with Gasteiger partial charge in [0.25, 0.3) is 0 Å². The quantitative estimate of drug-likeness (QED) is 0.810. The number of ether oxygens (including phenoxy) is 1. The molecule has 0 radical (unpaired) electrons. The van der Waals surface area contributed by atoms with E-state index in [4.69, 9.17) is 16.3 Å². The van der Waals surface area contributed by atoms with Gasteiger partial charge in [-0.1, -0.05) is 23.7 Å². The number of carboxylic acids is 1. The lowest BCUT2D eigenvalue weighted by molar-refractivity contribution is -0.142. The van der Waals surface area contributed by atoms with Gasteiger partial charge in [0.15, 0.2) is 6.04 Å². The zero-order valence-corrected chi connectivity index (χ0v) is 12.2. The van der Waals surface area contributed by atoms with Gasteiger partial charge in [-0.3, -0.25) is 4.79 Å². The van der Waals surface area contributed by atoms with Crippen LogP contribution in [0.3, 0.4) is 0 Å². The number of carbonyl (C=O) groups excluding carboxylic acids is 1. The summed E-state index contributed by atoms with van der Waals surface area (Å²) in [5, 5.41) is 12.2. The van der Waals surface area contributed by atoms with Crippen LogP contribution in [-0.2, 0) is 14.3 Å². The zero-order chi connectivity index (χ0) is 15.1. The van der Waals surface area contributed by atoms with Crippen LogP contribution in [0.1, 0.15) is 31.4 Å². The molecule has 0 saturated carbocycles. The number of hydrogen-bond donors (Lipinski definition) is 2. The predicted octanol–water partition coefficient (Wildman–Crippen LogP) is 2.40. The minimum absolute atomic E-state index is 0.0421. The number of carboxylic acid groups (broad SMARTS) is 1. The minimum Gasteiger partial charge on any atom is -0.479 e. The van der Waals surface area contributed by atoms with Crippen LogP contribution in [0.25, 0.3) is 0 Å². The molecule has 0 aliphatic carbocycles. The first-order valence-corrected chi connectivity index (χ1v) is 6.62. The number of rotatable bonds is 7. The van der Waals surface area contributed by atoms with Gasteiger partial charge >= 0.3 is 5.97 Å². The van der Waals surface area contributed by atoms with Crippen molar-refractivity contribution in [3.8, 4) is 0 Å². The summed E-state index contributed by atoms with van der Waals surface area (Å²) in [6, 6.07) is 5.27. The fourth-order valence-corrected chi connectivity index (χ4v) is 1.75. The summed E-state index contributed by atoms with van der Waals surface area (Å²) in [7, 11) is 1.57. The smallest absolute Gasteiger partial charge is 0.330 e. The maximum absolute atomic E-state index is 11.8. The van der Waals surface area contributed by atoms with E-state index in [-0.39, 0.29) is 18.4 Å². The van der Waals surface area contributed by atoms with Gasteiger partial charge in [0.2, 0.25) is 5.91 Å². The Balaban J connectivity index is 2.66. The van der Waals surface area contributed by atoms with Crippen LogP contribution in [0.4, 0.5) is 0 Å². The lowest BCUT2D eigenvalue weighted by atomic mass is 10.1. The molecule has 1 aromatic carbocycles. The molecule has 0 saturated heterocycles. The van der Waals surface area contributed by atoms with Crippen LogP contribution in [0.15, 0.2) is 24.3 Å². The summed E-state index contributed by atoms with van der Waals surface area (Å²) >= 11 is 5.75. The second-order valence-corrected chi connectivity index (χ2v) is 4.91. The molecule has 110 valence electrons. The largest absolute Gasteiger partial charge is 0.479 e. The summed E-state index contributed by atoms with van der Waals surface area (Å²) in [6.45, 7) is 1.85. The minimum atomic E-state index is -1.11. The SMILES string of the molecule is COC(C)CCC(=O)NC(C(=O)O)c1ccc(Cl)cc1. The van der Waals surface area contributed by atoms with Gasteiger partial charge in [-0.15, -0.1) is 0 Å². The lowest BCUT2D eigenvalue weighted by Crippen LogP contribution is -2.34. The molecule has 0 aliphatic rings. The number of aliphatic carboxylic acids is 1. The molecule has 1 aromatic rings. The van der Waals surface area contributed by atoms with E-state index in [1.807, 2.05) is 6.92 Å². The van der Waals surface area contributed by atoms with Gasteiger partial charge in [-0.2, -0.15) is 0 Å². The Morgan fingerprint density at radius 3 is 2.45 bits per heavy atom. The first kappa shape index (κ1) is 16.5. The van der Waals surface area contributed by atoms with Crippen molar-refractivity contribution in [2.24, 2.45) is 0 Å². The molecule has 0 fully saturated rings. The molecule has 2 unspecified atom stereocenters. The molecule has 2 N–H and O–H groups in total. The Kier molecular flexibility index (Phi) is 6.48. The highest BCUT2D eigenvalue weighted by molar-refractivity contribution is 6.30. The standard InChI is InChI=1S/C14H18ClNO4/c1-9(20-2)3-8-12(17)16-13(14(18)19)10-4-6-11(15)7-5-10/h4-7,9,13H,3,8H2,1-2H3,(H,16,17)(H,18,19). The van der Waals surface area contributed by atoms with Gasteiger partial charge in [-0.05, 0) is 31.0 Å². The van der Waals surface area contributed by atoms with Crippen LogP contribution in [0.5, 0.6) is 0 Å². The van der Waals surface area contributed by atoms with Gasteiger partial charge in [0.05, 0.1) is 6.10 Å². The Morgan fingerprint density at radius 2 is 1.95 bits per heavy atom. The summed E-state index contributed by atoms with van der Waals surface area (Å²) in [4.78, 5) is 23.0. The average molecular weight is 300 g/mol. The fourth-order valence-electron chi connectivity index (χ4n) is 1.63. The number of methoxy groups -OCH3 is 1. The zero-order valence-electron chi connectivity index (χ0n) is 11.4. The second-order valence-electron chi connectivity index (χ2n) is 4.48. The summed E-state index contributed by atoms with van der Waals surface area (Å²) < 4.78 is 5.04. The Bertz CT molecular complexity index is 461. The van der Waals surface area contributed by atoms with Crippen molar-refractivity contribution >= 4 is 23.5 Å². The van der Waals surface area contributed by atoms with Crippen LogP contribution < -0.4 is 5.32 Å². The Labute approximate surface area is 122 Å². The molecular weight excluding hydrogens is 282 g/mol. The number of nitrogens with one attached hydrogen (secondary N) is 1. The average Bonchev–Trinajstić information content (AvgIpc) is 2.43. The maximum atomic E-state index is 11.8. The molecule has 0 aliphatic heterocycles. The van der Waals surface area contributed by atoms with Gasteiger partial charge in [0.1, 0.15) is 0 Å². The van der Waals surface area contributed by atoms with Crippen molar-refractivity contribution in [2.45, 2.75) is 31.9 Å². The molecule has 6 heteroatoms. The Morgan fingerprint density at radius 1 is 1.35 bits per heavy atom. The van der Waals surface area contributed by atoms with Crippen LogP contribution in [-0.4, -0.2) is 30.2 Å². The summed E-state index contributed by atoms with van der Waals surface area (Å²) in [5.74, 6) is -1.43. The molecule has 1 amide bonds. The molecule has 2 atom stereocenters. The number of carbonyl (C=O) groups is 2. The van der Waals surface area contributed by atoms with E-state index in [9.17, 15) is 14.7 Å². The Hall–Kier alpha value is -1.59.